The third kappa shape index (κ3) is 7.30. The predicted molar refractivity (Wildman–Crippen MR) is 191 cm³/mol. The molecule has 1 atom stereocenters. The number of aromatic nitrogens is 3. The molecule has 3 aliphatic rings. The number of aromatic amines is 1. The van der Waals surface area contributed by atoms with Crippen molar-refractivity contribution in [3.63, 3.8) is 0 Å². The molecule has 0 saturated carbocycles. The number of hydrogen-bond donors (Lipinski definition) is 3. The number of aromatic hydroxyl groups is 1. The summed E-state index contributed by atoms with van der Waals surface area (Å²) in [6.45, 7) is 5.36. The van der Waals surface area contributed by atoms with Crippen LogP contribution in [0.3, 0.4) is 0 Å². The van der Waals surface area contributed by atoms with Crippen LogP contribution in [0.1, 0.15) is 42.9 Å². The van der Waals surface area contributed by atoms with Gasteiger partial charge in [-0.25, -0.2) is 9.59 Å². The molecule has 5 heterocycles. The maximum atomic E-state index is 14.1. The zero-order chi connectivity index (χ0) is 36.7. The van der Waals surface area contributed by atoms with Gasteiger partial charge in [-0.2, -0.15) is 13.2 Å². The number of hydrogen-bond acceptors (Lipinski definition) is 7. The topological polar surface area (TPSA) is 130 Å². The number of rotatable bonds is 6. The summed E-state index contributed by atoms with van der Waals surface area (Å²) in [5, 5.41) is 13.2. The summed E-state index contributed by atoms with van der Waals surface area (Å²) in [5.41, 5.74) is 0.636. The number of halogens is 4. The molecule has 0 bridgehead atoms. The average Bonchev–Trinajstić information content (AvgIpc) is 3.48. The van der Waals surface area contributed by atoms with Crippen LogP contribution in [-0.4, -0.2) is 123 Å². The van der Waals surface area contributed by atoms with E-state index in [1.165, 1.54) is 6.07 Å². The molecule has 7 rings (SSSR count). The summed E-state index contributed by atoms with van der Waals surface area (Å²) in [6, 6.07) is 7.94. The van der Waals surface area contributed by atoms with Gasteiger partial charge in [0.1, 0.15) is 11.8 Å². The third-order valence-corrected chi connectivity index (χ3v) is 11.2. The predicted octanol–water partition coefficient (Wildman–Crippen LogP) is 4.45. The summed E-state index contributed by atoms with van der Waals surface area (Å²) in [5.74, 6) is -1.47. The van der Waals surface area contributed by atoms with Crippen LogP contribution >= 0.6 is 11.6 Å². The Labute approximate surface area is 303 Å². The van der Waals surface area contributed by atoms with Crippen molar-refractivity contribution in [1.82, 2.24) is 39.5 Å². The highest BCUT2D eigenvalue weighted by Crippen LogP contribution is 2.40. The van der Waals surface area contributed by atoms with Crippen LogP contribution in [0.2, 0.25) is 5.02 Å². The zero-order valence-corrected chi connectivity index (χ0v) is 29.6. The van der Waals surface area contributed by atoms with Crippen molar-refractivity contribution >= 4 is 45.5 Å². The van der Waals surface area contributed by atoms with Crippen molar-refractivity contribution in [3.8, 4) is 5.75 Å². The van der Waals surface area contributed by atoms with E-state index in [0.29, 0.717) is 43.0 Å². The highest BCUT2D eigenvalue weighted by atomic mass is 35.5. The Hall–Kier alpha value is -4.34. The molecular weight excluding hydrogens is 701 g/mol. The lowest BCUT2D eigenvalue weighted by atomic mass is 9.98. The molecule has 0 unspecified atom stereocenters. The molecular formula is C36H42ClF3N8O4. The second-order valence-electron chi connectivity index (χ2n) is 14.1. The molecule has 3 amide bonds. The number of para-hydroxylation sites is 1. The normalized spacial score (nSPS) is 19.4. The van der Waals surface area contributed by atoms with Crippen LogP contribution in [0.25, 0.3) is 21.9 Å². The third-order valence-electron chi connectivity index (χ3n) is 10.9. The van der Waals surface area contributed by atoms with Gasteiger partial charge in [0, 0.05) is 76.2 Å². The van der Waals surface area contributed by atoms with Gasteiger partial charge in [-0.1, -0.05) is 29.8 Å². The smallest absolute Gasteiger partial charge is 0.420 e. The van der Waals surface area contributed by atoms with Crippen molar-refractivity contribution in [3.05, 3.63) is 69.2 Å². The first kappa shape index (κ1) is 36.0. The number of likely N-dealkylation sites (N-methyl/N-ethyl adjacent to an activating group) is 1. The summed E-state index contributed by atoms with van der Waals surface area (Å²) < 4.78 is 43.0. The number of carbonyl (C=O) groups is 2. The van der Waals surface area contributed by atoms with E-state index in [9.17, 15) is 32.7 Å². The number of pyridine rings is 1. The van der Waals surface area contributed by atoms with E-state index in [0.717, 1.165) is 56.0 Å². The van der Waals surface area contributed by atoms with E-state index in [4.69, 9.17) is 11.6 Å². The number of benzene rings is 2. The first-order valence-corrected chi connectivity index (χ1v) is 18.1. The molecule has 16 heteroatoms. The molecule has 2 aromatic carbocycles. The number of urea groups is 1. The Kier molecular flexibility index (Phi) is 10.1. The largest absolute Gasteiger partial charge is 0.506 e. The van der Waals surface area contributed by atoms with Crippen LogP contribution in [0.15, 0.2) is 47.4 Å². The van der Waals surface area contributed by atoms with Crippen LogP contribution in [-0.2, 0) is 17.4 Å². The van der Waals surface area contributed by atoms with Crippen LogP contribution in [0.4, 0.5) is 18.0 Å². The number of phenolic OH excluding ortho intramolecular Hbond substituents is 1. The van der Waals surface area contributed by atoms with E-state index >= 15 is 0 Å². The zero-order valence-electron chi connectivity index (χ0n) is 28.8. The first-order valence-electron chi connectivity index (χ1n) is 17.7. The number of amides is 3. The number of carbonyl (C=O) groups excluding carboxylic acids is 2. The molecule has 52 heavy (non-hydrogen) atoms. The Morgan fingerprint density at radius 1 is 0.981 bits per heavy atom. The van der Waals surface area contributed by atoms with Crippen LogP contribution in [0, 0.1) is 0 Å². The lowest BCUT2D eigenvalue weighted by Gasteiger charge is -2.42. The molecule has 3 aliphatic heterocycles. The first-order chi connectivity index (χ1) is 24.9. The molecule has 278 valence electrons. The fraction of sp³-hybridized carbons (Fsp3) is 0.500. The number of nitrogens with zero attached hydrogens (tertiary/aromatic N) is 6. The molecule has 0 spiro atoms. The molecule has 12 nitrogen and oxygen atoms in total. The Morgan fingerprint density at radius 3 is 2.33 bits per heavy atom. The van der Waals surface area contributed by atoms with Crippen molar-refractivity contribution in [2.24, 2.45) is 0 Å². The summed E-state index contributed by atoms with van der Waals surface area (Å²) in [4.78, 5) is 56.4. The number of alkyl halides is 3. The van der Waals surface area contributed by atoms with Gasteiger partial charge < -0.3 is 30.1 Å². The number of nitrogens with one attached hydrogen (secondary N) is 2. The monoisotopic (exact) mass is 742 g/mol. The van der Waals surface area contributed by atoms with E-state index in [1.807, 2.05) is 24.3 Å². The van der Waals surface area contributed by atoms with E-state index < -0.39 is 34.6 Å². The number of phenols is 1. The Morgan fingerprint density at radius 2 is 1.63 bits per heavy atom. The number of imidazole rings is 1. The van der Waals surface area contributed by atoms with Gasteiger partial charge in [0.05, 0.1) is 33.3 Å². The summed E-state index contributed by atoms with van der Waals surface area (Å²) in [6.07, 6.45) is -1.01. The minimum absolute atomic E-state index is 0.0552. The van der Waals surface area contributed by atoms with E-state index in [-0.39, 0.29) is 42.7 Å². The van der Waals surface area contributed by atoms with Gasteiger partial charge in [0.2, 0.25) is 5.91 Å². The van der Waals surface area contributed by atoms with Crippen molar-refractivity contribution in [1.29, 1.82) is 0 Å². The molecule has 3 fully saturated rings. The van der Waals surface area contributed by atoms with Crippen molar-refractivity contribution < 1.29 is 27.9 Å². The van der Waals surface area contributed by atoms with Crippen LogP contribution in [0.5, 0.6) is 5.75 Å². The van der Waals surface area contributed by atoms with E-state index in [2.05, 4.69) is 32.1 Å². The van der Waals surface area contributed by atoms with Crippen molar-refractivity contribution in [2.45, 2.75) is 56.4 Å². The maximum Gasteiger partial charge on any atom is 0.420 e. The van der Waals surface area contributed by atoms with E-state index in [1.54, 1.807) is 20.6 Å². The van der Waals surface area contributed by atoms with Gasteiger partial charge in [-0.15, -0.1) is 0 Å². The quantitative estimate of drug-likeness (QED) is 0.266. The lowest BCUT2D eigenvalue weighted by Crippen LogP contribution is -2.57. The minimum atomic E-state index is -4.88. The molecule has 0 aliphatic carbocycles. The highest BCUT2D eigenvalue weighted by molar-refractivity contribution is 6.32. The van der Waals surface area contributed by atoms with Gasteiger partial charge in [0.25, 0.3) is 0 Å². The second-order valence-corrected chi connectivity index (χ2v) is 14.5. The Bertz CT molecular complexity index is 2010. The molecule has 3 saturated heterocycles. The van der Waals surface area contributed by atoms with Gasteiger partial charge in [-0.05, 0) is 56.5 Å². The number of H-pyrrole nitrogens is 1. The highest BCUT2D eigenvalue weighted by Gasteiger charge is 2.37. The second kappa shape index (κ2) is 14.6. The minimum Gasteiger partial charge on any atom is -0.506 e. The van der Waals surface area contributed by atoms with Crippen molar-refractivity contribution in [2.75, 3.05) is 59.4 Å². The standard InChI is InChI=1S/C36H42ClF3N8O4/c1-44-14-16-45(17-15-44)23-6-10-46(11-7-23)33(50)29(20-22-18-26(36(38,39)40)32(49)27(37)19-22)42-34(51)47-12-8-24(9-13-47)48-30-21-41-28-5-3-2-4-25(28)31(30)43-35(48)52/h2-5,18-19,21,23-24,29,49H,6-17,20H2,1H3,(H,42,51)(H,43,52)/t29-/m1/s1. The maximum absolute atomic E-state index is 14.1. The molecule has 2 aromatic heterocycles. The Balaban J connectivity index is 1.06. The lowest BCUT2D eigenvalue weighted by molar-refractivity contribution is -0.138. The number of likely N-dealkylation sites (tertiary alicyclic amines) is 2. The molecule has 0 radical (unpaired) electrons. The van der Waals surface area contributed by atoms with Gasteiger partial charge in [0.15, 0.2) is 0 Å². The fourth-order valence-electron chi connectivity index (χ4n) is 7.94. The number of piperazine rings is 1. The fourth-order valence-corrected chi connectivity index (χ4v) is 8.18. The summed E-state index contributed by atoms with van der Waals surface area (Å²) >= 11 is 6.02. The van der Waals surface area contributed by atoms with Gasteiger partial charge in [-0.3, -0.25) is 19.2 Å². The average molecular weight is 743 g/mol. The van der Waals surface area contributed by atoms with Crippen LogP contribution < -0.4 is 11.0 Å². The SMILES string of the molecule is CN1CCN(C2CCN(C(=O)[C@@H](Cc3cc(Cl)c(O)c(C(F)(F)F)c3)NC(=O)N3CCC(n4c(=O)[nH]c5c6ccccc6ncc54)CC3)CC2)CC1. The number of fused-ring (bicyclic) bond motifs is 3. The molecule has 4 aromatic rings. The molecule has 3 N–H and O–H groups in total. The van der Waals surface area contributed by atoms with Gasteiger partial charge >= 0.3 is 17.9 Å². The number of piperidine rings is 2. The summed E-state index contributed by atoms with van der Waals surface area (Å²) in [7, 11) is 2.10.